The van der Waals surface area contributed by atoms with Crippen molar-refractivity contribution in [2.24, 2.45) is 0 Å². The summed E-state index contributed by atoms with van der Waals surface area (Å²) in [5.74, 6) is 0.642. The molecule has 26 heavy (non-hydrogen) atoms. The van der Waals surface area contributed by atoms with E-state index < -0.39 is 0 Å². The number of fused-ring (bicyclic) bond motifs is 1. The molecule has 0 unspecified atom stereocenters. The quantitative estimate of drug-likeness (QED) is 0.826. The molecule has 1 aliphatic rings. The number of allylic oxidation sites excluding steroid dienone is 9. The highest BCUT2D eigenvalue weighted by atomic mass is 16.1. The third-order valence-corrected chi connectivity index (χ3v) is 4.70. The van der Waals surface area contributed by atoms with Gasteiger partial charge < -0.3 is 4.98 Å². The van der Waals surface area contributed by atoms with Gasteiger partial charge in [0.1, 0.15) is 11.3 Å². The minimum absolute atomic E-state index is 0.177. The van der Waals surface area contributed by atoms with Gasteiger partial charge in [0.05, 0.1) is 12.7 Å². The Labute approximate surface area is 153 Å². The summed E-state index contributed by atoms with van der Waals surface area (Å²) in [6, 6.07) is 0. The minimum Gasteiger partial charge on any atom is -0.303 e. The lowest BCUT2D eigenvalue weighted by Gasteiger charge is -2.16. The summed E-state index contributed by atoms with van der Waals surface area (Å²) in [7, 11) is 0. The first kappa shape index (κ1) is 17.9. The number of hydrogen-bond acceptors (Lipinski definition) is 3. The molecule has 0 saturated heterocycles. The van der Waals surface area contributed by atoms with Crippen LogP contribution in [0.1, 0.15) is 32.5 Å². The molecule has 0 radical (unpaired) electrons. The predicted molar refractivity (Wildman–Crippen MR) is 106 cm³/mol. The van der Waals surface area contributed by atoms with Gasteiger partial charge in [0.15, 0.2) is 5.65 Å². The highest BCUT2D eigenvalue weighted by molar-refractivity contribution is 5.69. The lowest BCUT2D eigenvalue weighted by Crippen LogP contribution is -2.19. The Kier molecular flexibility index (Phi) is 5.16. The van der Waals surface area contributed by atoms with Gasteiger partial charge in [-0.2, -0.15) is 0 Å². The molecule has 2 aromatic heterocycles. The zero-order valence-electron chi connectivity index (χ0n) is 15.5. The molecule has 5 heteroatoms. The summed E-state index contributed by atoms with van der Waals surface area (Å²) in [6.45, 7) is 10.3. The normalized spacial score (nSPS) is 15.8. The van der Waals surface area contributed by atoms with E-state index in [1.54, 1.807) is 10.8 Å². The number of nitrogens with zero attached hydrogens (tertiary/aromatic N) is 3. The fourth-order valence-corrected chi connectivity index (χ4v) is 3.25. The van der Waals surface area contributed by atoms with E-state index in [0.29, 0.717) is 23.5 Å². The lowest BCUT2D eigenvalue weighted by atomic mass is 9.92. The average Bonchev–Trinajstić information content (AvgIpc) is 2.95. The molecule has 0 aliphatic heterocycles. The summed E-state index contributed by atoms with van der Waals surface area (Å²) in [4.78, 5) is 23.8. The van der Waals surface area contributed by atoms with Crippen LogP contribution < -0.4 is 5.69 Å². The van der Waals surface area contributed by atoms with Gasteiger partial charge in [-0.25, -0.2) is 14.8 Å². The van der Waals surface area contributed by atoms with Crippen LogP contribution in [-0.4, -0.2) is 19.5 Å². The maximum Gasteiger partial charge on any atom is 0.328 e. The molecule has 3 rings (SSSR count). The Morgan fingerprint density at radius 1 is 1.42 bits per heavy atom. The number of imidazole rings is 1. The largest absolute Gasteiger partial charge is 0.328 e. The first-order valence-corrected chi connectivity index (χ1v) is 8.83. The van der Waals surface area contributed by atoms with Gasteiger partial charge in [0, 0.05) is 0 Å². The van der Waals surface area contributed by atoms with Crippen LogP contribution in [0.4, 0.5) is 0 Å². The van der Waals surface area contributed by atoms with Crippen LogP contribution in [0.3, 0.4) is 0 Å². The molecule has 0 amide bonds. The van der Waals surface area contributed by atoms with Crippen LogP contribution in [0.25, 0.3) is 11.2 Å². The third kappa shape index (κ3) is 3.38. The summed E-state index contributed by atoms with van der Waals surface area (Å²) >= 11 is 0. The number of rotatable bonds is 5. The van der Waals surface area contributed by atoms with E-state index in [9.17, 15) is 4.79 Å². The third-order valence-electron chi connectivity index (χ3n) is 4.70. The second kappa shape index (κ2) is 7.52. The Bertz CT molecular complexity index is 1030. The molecule has 1 aliphatic carbocycles. The van der Waals surface area contributed by atoms with E-state index in [-0.39, 0.29) is 5.69 Å². The van der Waals surface area contributed by atoms with Crippen molar-refractivity contribution in [1.82, 2.24) is 19.5 Å². The van der Waals surface area contributed by atoms with E-state index in [1.165, 1.54) is 5.57 Å². The van der Waals surface area contributed by atoms with E-state index in [1.807, 2.05) is 26.0 Å². The Hall–Kier alpha value is -2.95. The second-order valence-electron chi connectivity index (χ2n) is 6.37. The van der Waals surface area contributed by atoms with Gasteiger partial charge in [-0.3, -0.25) is 4.57 Å². The molecular weight excluding hydrogens is 324 g/mol. The minimum atomic E-state index is -0.177. The fourth-order valence-electron chi connectivity index (χ4n) is 3.25. The maximum atomic E-state index is 12.4. The zero-order valence-corrected chi connectivity index (χ0v) is 15.5. The van der Waals surface area contributed by atoms with Crippen molar-refractivity contribution in [2.45, 2.75) is 40.2 Å². The Morgan fingerprint density at radius 3 is 2.88 bits per heavy atom. The molecular formula is C21H24N4O. The fraction of sp³-hybridized carbons (Fsp3) is 0.286. The first-order chi connectivity index (χ1) is 12.5. The molecule has 0 spiro atoms. The Balaban J connectivity index is 2.04. The van der Waals surface area contributed by atoms with Gasteiger partial charge in [0.25, 0.3) is 0 Å². The summed E-state index contributed by atoms with van der Waals surface area (Å²) < 4.78 is 1.66. The van der Waals surface area contributed by atoms with Crippen molar-refractivity contribution in [2.75, 3.05) is 0 Å². The van der Waals surface area contributed by atoms with Crippen molar-refractivity contribution < 1.29 is 0 Å². The van der Waals surface area contributed by atoms with Crippen LogP contribution in [0.5, 0.6) is 0 Å². The zero-order chi connectivity index (χ0) is 18.7. The van der Waals surface area contributed by atoms with Crippen molar-refractivity contribution in [3.8, 4) is 0 Å². The van der Waals surface area contributed by atoms with E-state index in [2.05, 4.69) is 46.7 Å². The number of H-pyrrole nitrogens is 1. The van der Waals surface area contributed by atoms with Gasteiger partial charge in [-0.1, -0.05) is 37.0 Å². The standard InChI is InChI=1S/C21H24N4O/c1-5-16(14(3)18(6-2)17-10-8-7-9-11-17)13-25-20-19(24-21(25)26)12-22-15(4)23-20/h5-6,8,10-12H,2,7,9,13H2,1,3-4H3,(H,24,26)/b16-5-,18-14+. The monoisotopic (exact) mass is 348 g/mol. The highest BCUT2D eigenvalue weighted by Crippen LogP contribution is 2.26. The topological polar surface area (TPSA) is 63.6 Å². The van der Waals surface area contributed by atoms with Crippen molar-refractivity contribution in [3.63, 3.8) is 0 Å². The molecule has 0 aromatic carbocycles. The van der Waals surface area contributed by atoms with E-state index in [4.69, 9.17) is 0 Å². The van der Waals surface area contributed by atoms with Crippen LogP contribution in [-0.2, 0) is 6.54 Å². The van der Waals surface area contributed by atoms with Gasteiger partial charge in [0.2, 0.25) is 0 Å². The summed E-state index contributed by atoms with van der Waals surface area (Å²) in [5.41, 5.74) is 5.58. The van der Waals surface area contributed by atoms with Crippen molar-refractivity contribution in [1.29, 1.82) is 0 Å². The van der Waals surface area contributed by atoms with Gasteiger partial charge in [-0.15, -0.1) is 0 Å². The van der Waals surface area contributed by atoms with E-state index in [0.717, 1.165) is 29.6 Å². The molecule has 0 fully saturated rings. The smallest absolute Gasteiger partial charge is 0.303 e. The maximum absolute atomic E-state index is 12.4. The molecule has 2 aromatic rings. The van der Waals surface area contributed by atoms with Crippen molar-refractivity contribution in [3.05, 3.63) is 81.8 Å². The number of nitrogens with one attached hydrogen (secondary N) is 1. The molecule has 1 N–H and O–H groups in total. The van der Waals surface area contributed by atoms with Crippen LogP contribution >= 0.6 is 0 Å². The highest BCUT2D eigenvalue weighted by Gasteiger charge is 2.14. The lowest BCUT2D eigenvalue weighted by molar-refractivity contribution is 0.765. The summed E-state index contributed by atoms with van der Waals surface area (Å²) in [5, 5.41) is 0. The number of aromatic nitrogens is 4. The number of aryl methyl sites for hydroxylation is 1. The molecule has 0 saturated carbocycles. The molecule has 5 nitrogen and oxygen atoms in total. The second-order valence-corrected chi connectivity index (χ2v) is 6.37. The van der Waals surface area contributed by atoms with E-state index >= 15 is 0 Å². The SMILES string of the molecule is C=C/C(C1=CCCC=C1)=C(C)\C(=C/C)Cn1c(=O)[nH]c2cnc(C)nc21. The number of aromatic amines is 1. The molecule has 134 valence electrons. The van der Waals surface area contributed by atoms with Crippen LogP contribution in [0.15, 0.2) is 70.2 Å². The number of hydrogen-bond donors (Lipinski definition) is 1. The summed E-state index contributed by atoms with van der Waals surface area (Å²) in [6.07, 6.45) is 14.3. The van der Waals surface area contributed by atoms with Crippen LogP contribution in [0.2, 0.25) is 0 Å². The van der Waals surface area contributed by atoms with Crippen molar-refractivity contribution >= 4 is 11.2 Å². The molecule has 2 heterocycles. The molecule has 0 atom stereocenters. The Morgan fingerprint density at radius 2 is 2.23 bits per heavy atom. The van der Waals surface area contributed by atoms with Gasteiger partial charge in [-0.05, 0) is 55.9 Å². The average molecular weight is 348 g/mol. The molecule has 0 bridgehead atoms. The predicted octanol–water partition coefficient (Wildman–Crippen LogP) is 4.15. The first-order valence-electron chi connectivity index (χ1n) is 8.83. The van der Waals surface area contributed by atoms with Crippen LogP contribution in [0, 0.1) is 6.92 Å². The van der Waals surface area contributed by atoms with Gasteiger partial charge >= 0.3 is 5.69 Å².